The van der Waals surface area contributed by atoms with Gasteiger partial charge in [0.25, 0.3) is 0 Å². The molecule has 24 heavy (non-hydrogen) atoms. The van der Waals surface area contributed by atoms with Gasteiger partial charge in [-0.05, 0) is 17.7 Å². The first-order valence-electron chi connectivity index (χ1n) is 8.02. The summed E-state index contributed by atoms with van der Waals surface area (Å²) in [6.07, 6.45) is 0.891. The molecule has 2 N–H and O–H groups in total. The summed E-state index contributed by atoms with van der Waals surface area (Å²) < 4.78 is 0. The fourth-order valence-corrected chi connectivity index (χ4v) is 3.22. The largest absolute Gasteiger partial charge is 0.356 e. The summed E-state index contributed by atoms with van der Waals surface area (Å²) in [4.78, 5) is 8.96. The number of rotatable bonds is 5. The van der Waals surface area contributed by atoms with Gasteiger partial charge in [0, 0.05) is 42.4 Å². The van der Waals surface area contributed by atoms with Crippen LogP contribution in [-0.4, -0.2) is 24.5 Å². The molecule has 0 saturated carbocycles. The number of nitrogens with one attached hydrogen (secondary N) is 2. The van der Waals surface area contributed by atoms with E-state index in [0.29, 0.717) is 6.54 Å². The first-order valence-corrected chi connectivity index (χ1v) is 9.28. The van der Waals surface area contributed by atoms with Crippen molar-refractivity contribution >= 4 is 28.9 Å². The molecule has 2 aromatic rings. The second-order valence-corrected chi connectivity index (χ2v) is 7.98. The summed E-state index contributed by atoms with van der Waals surface area (Å²) >= 11 is 7.62. The lowest BCUT2D eigenvalue weighted by molar-refractivity contribution is 0.570. The summed E-state index contributed by atoms with van der Waals surface area (Å²) in [6, 6.07) is 7.80. The van der Waals surface area contributed by atoms with Gasteiger partial charge in [-0.3, -0.25) is 4.99 Å². The van der Waals surface area contributed by atoms with E-state index < -0.39 is 0 Å². The summed E-state index contributed by atoms with van der Waals surface area (Å²) in [5.74, 6) is 0.789. The summed E-state index contributed by atoms with van der Waals surface area (Å²) in [5, 5.41) is 10.7. The molecule has 0 saturated heterocycles. The number of halogens is 1. The average Bonchev–Trinajstić information content (AvgIpc) is 3.01. The van der Waals surface area contributed by atoms with Crippen LogP contribution < -0.4 is 10.6 Å². The molecular formula is C18H25ClN4S. The molecule has 0 aliphatic heterocycles. The van der Waals surface area contributed by atoms with Gasteiger partial charge in [-0.15, -0.1) is 11.3 Å². The van der Waals surface area contributed by atoms with E-state index in [1.807, 2.05) is 24.3 Å². The molecule has 0 atom stereocenters. The highest BCUT2D eigenvalue weighted by Gasteiger charge is 2.17. The first-order chi connectivity index (χ1) is 11.4. The van der Waals surface area contributed by atoms with Crippen LogP contribution in [0.3, 0.4) is 0 Å². The fraction of sp³-hybridized carbons (Fsp3) is 0.444. The standard InChI is InChI=1S/C18H25ClN4S/c1-18(2,3)15-12-24-16(23-15)9-10-21-17(20-4)22-11-13-5-7-14(19)8-6-13/h5-8,12H,9-11H2,1-4H3,(H2,20,21,22). The van der Waals surface area contributed by atoms with Gasteiger partial charge in [0.1, 0.15) is 0 Å². The Balaban J connectivity index is 1.77. The number of hydrogen-bond donors (Lipinski definition) is 2. The molecule has 1 heterocycles. The molecule has 0 radical (unpaired) electrons. The van der Waals surface area contributed by atoms with Crippen molar-refractivity contribution in [1.29, 1.82) is 0 Å². The highest BCUT2D eigenvalue weighted by atomic mass is 35.5. The Morgan fingerprint density at radius 3 is 2.50 bits per heavy atom. The van der Waals surface area contributed by atoms with Crippen LogP contribution in [0, 0.1) is 0 Å². The summed E-state index contributed by atoms with van der Waals surface area (Å²) in [5.41, 5.74) is 2.43. The predicted octanol–water partition coefficient (Wildman–Crippen LogP) is 4.00. The third-order valence-corrected chi connectivity index (χ3v) is 4.71. The second kappa shape index (κ2) is 8.49. The fourth-order valence-electron chi connectivity index (χ4n) is 2.07. The van der Waals surface area contributed by atoms with Crippen LogP contribution in [0.15, 0.2) is 34.6 Å². The zero-order chi connectivity index (χ0) is 17.6. The van der Waals surface area contributed by atoms with E-state index in [1.54, 1.807) is 18.4 Å². The van der Waals surface area contributed by atoms with Crippen molar-refractivity contribution in [3.05, 3.63) is 50.9 Å². The van der Waals surface area contributed by atoms with Crippen molar-refractivity contribution in [2.75, 3.05) is 13.6 Å². The van der Waals surface area contributed by atoms with E-state index >= 15 is 0 Å². The number of aromatic nitrogens is 1. The number of guanidine groups is 1. The van der Waals surface area contributed by atoms with Crippen LogP contribution in [0.4, 0.5) is 0 Å². The van der Waals surface area contributed by atoms with Crippen LogP contribution in [0.2, 0.25) is 5.02 Å². The highest BCUT2D eigenvalue weighted by molar-refractivity contribution is 7.09. The van der Waals surface area contributed by atoms with Crippen molar-refractivity contribution in [2.24, 2.45) is 4.99 Å². The van der Waals surface area contributed by atoms with Crippen molar-refractivity contribution < 1.29 is 0 Å². The highest BCUT2D eigenvalue weighted by Crippen LogP contribution is 2.23. The Morgan fingerprint density at radius 2 is 1.92 bits per heavy atom. The van der Waals surface area contributed by atoms with Crippen LogP contribution >= 0.6 is 22.9 Å². The average molecular weight is 365 g/mol. The Hall–Kier alpha value is -1.59. The van der Waals surface area contributed by atoms with Gasteiger partial charge < -0.3 is 10.6 Å². The van der Waals surface area contributed by atoms with Gasteiger partial charge in [-0.25, -0.2) is 4.98 Å². The Kier molecular flexibility index (Phi) is 6.63. The van der Waals surface area contributed by atoms with E-state index in [0.717, 1.165) is 40.2 Å². The molecule has 4 nitrogen and oxygen atoms in total. The van der Waals surface area contributed by atoms with Crippen LogP contribution in [0.5, 0.6) is 0 Å². The van der Waals surface area contributed by atoms with Crippen LogP contribution in [-0.2, 0) is 18.4 Å². The molecule has 0 unspecified atom stereocenters. The quantitative estimate of drug-likeness (QED) is 0.622. The van der Waals surface area contributed by atoms with Crippen molar-refractivity contribution in [2.45, 2.75) is 39.2 Å². The van der Waals surface area contributed by atoms with E-state index in [-0.39, 0.29) is 5.41 Å². The molecule has 0 fully saturated rings. The third kappa shape index (κ3) is 5.80. The molecule has 130 valence electrons. The molecule has 0 bridgehead atoms. The van der Waals surface area contributed by atoms with Crippen molar-refractivity contribution in [1.82, 2.24) is 15.6 Å². The number of aliphatic imine (C=N–C) groups is 1. The van der Waals surface area contributed by atoms with E-state index in [1.165, 1.54) is 0 Å². The minimum absolute atomic E-state index is 0.109. The van der Waals surface area contributed by atoms with Crippen LogP contribution in [0.25, 0.3) is 0 Å². The van der Waals surface area contributed by atoms with E-state index in [9.17, 15) is 0 Å². The number of benzene rings is 1. The maximum Gasteiger partial charge on any atom is 0.191 e. The van der Waals surface area contributed by atoms with Crippen molar-refractivity contribution in [3.63, 3.8) is 0 Å². The van der Waals surface area contributed by atoms with Gasteiger partial charge >= 0.3 is 0 Å². The monoisotopic (exact) mass is 364 g/mol. The maximum absolute atomic E-state index is 5.90. The smallest absolute Gasteiger partial charge is 0.191 e. The molecule has 0 aliphatic carbocycles. The number of hydrogen-bond acceptors (Lipinski definition) is 3. The molecule has 0 aliphatic rings. The molecule has 0 spiro atoms. The molecular weight excluding hydrogens is 340 g/mol. The zero-order valence-corrected chi connectivity index (χ0v) is 16.3. The van der Waals surface area contributed by atoms with Crippen molar-refractivity contribution in [3.8, 4) is 0 Å². The number of thiazole rings is 1. The first kappa shape index (κ1) is 18.7. The van der Waals surface area contributed by atoms with Gasteiger partial charge in [-0.1, -0.05) is 44.5 Å². The van der Waals surface area contributed by atoms with Crippen LogP contribution in [0.1, 0.15) is 37.0 Å². The lowest BCUT2D eigenvalue weighted by Gasteiger charge is -2.14. The normalized spacial score (nSPS) is 12.3. The Labute approximate surface area is 153 Å². The Morgan fingerprint density at radius 1 is 1.21 bits per heavy atom. The third-order valence-electron chi connectivity index (χ3n) is 3.55. The summed E-state index contributed by atoms with van der Waals surface area (Å²) in [6.45, 7) is 8.07. The predicted molar refractivity (Wildman–Crippen MR) is 104 cm³/mol. The molecule has 2 rings (SSSR count). The molecule has 1 aromatic carbocycles. The minimum Gasteiger partial charge on any atom is -0.356 e. The maximum atomic E-state index is 5.90. The van der Waals surface area contributed by atoms with E-state index in [2.05, 4.69) is 41.8 Å². The Bertz CT molecular complexity index is 671. The molecule has 1 aromatic heterocycles. The van der Waals surface area contributed by atoms with Gasteiger partial charge in [0.2, 0.25) is 0 Å². The zero-order valence-electron chi connectivity index (χ0n) is 14.7. The van der Waals surface area contributed by atoms with Gasteiger partial charge in [0.15, 0.2) is 5.96 Å². The van der Waals surface area contributed by atoms with Gasteiger partial charge in [-0.2, -0.15) is 0 Å². The SMILES string of the molecule is CN=C(NCCc1nc(C(C)(C)C)cs1)NCc1ccc(Cl)cc1. The lowest BCUT2D eigenvalue weighted by atomic mass is 9.93. The van der Waals surface area contributed by atoms with E-state index in [4.69, 9.17) is 16.6 Å². The second-order valence-electron chi connectivity index (χ2n) is 6.61. The van der Waals surface area contributed by atoms with Gasteiger partial charge in [0.05, 0.1) is 10.7 Å². The lowest BCUT2D eigenvalue weighted by Crippen LogP contribution is -2.37. The summed E-state index contributed by atoms with van der Waals surface area (Å²) in [7, 11) is 1.78. The number of nitrogens with zero attached hydrogens (tertiary/aromatic N) is 2. The molecule has 6 heteroatoms. The topological polar surface area (TPSA) is 49.3 Å². The minimum atomic E-state index is 0.109. The molecule has 0 amide bonds.